The van der Waals surface area contributed by atoms with Gasteiger partial charge in [0.05, 0.1) is 12.2 Å². The van der Waals surface area contributed by atoms with Crippen LogP contribution in [0.3, 0.4) is 0 Å². The van der Waals surface area contributed by atoms with Crippen molar-refractivity contribution in [2.24, 2.45) is 17.8 Å². The lowest BCUT2D eigenvalue weighted by Gasteiger charge is -2.32. The molecule has 2 aliphatic rings. The maximum absolute atomic E-state index is 12.3. The standard InChI is InChI=1S/C38H59NO9/c1-5-25-46-37(44)39-24-23-38(45,22-21-33-30(7-3)19-20-36(43)48-33)34(41)27-31(40)16-10-9-14-29-15-12-17-32(26-29)47-35(42)18-11-8-13-28(4)6-2/h5,9-10,14,16,19-22,28-34,40-41,45H,1,6-8,11-13,15,17-18,23-27H2,2-4H3,(H,39,44)/b14-9+,16-10?,22-21?/t28-,29+,30-,31-,32-,33-,34+,38-/m0/s1. The molecule has 1 fully saturated rings. The molecule has 0 bridgehead atoms. The summed E-state index contributed by atoms with van der Waals surface area (Å²) in [6.07, 6.45) is 19.4. The van der Waals surface area contributed by atoms with Gasteiger partial charge < -0.3 is 34.8 Å². The zero-order valence-corrected chi connectivity index (χ0v) is 29.1. The van der Waals surface area contributed by atoms with Crippen LogP contribution < -0.4 is 5.32 Å². The summed E-state index contributed by atoms with van der Waals surface area (Å²) in [7, 11) is 0. The Morgan fingerprint density at radius 2 is 1.98 bits per heavy atom. The van der Waals surface area contributed by atoms with Crippen molar-refractivity contribution in [1.82, 2.24) is 5.32 Å². The quantitative estimate of drug-likeness (QED) is 0.0377. The summed E-state index contributed by atoms with van der Waals surface area (Å²) in [5.74, 6) is 0.241. The largest absolute Gasteiger partial charge is 0.462 e. The number of alkyl carbamates (subject to hydrolysis) is 1. The molecule has 0 aromatic carbocycles. The molecule has 8 atom stereocenters. The Bertz CT molecular complexity index is 1120. The lowest BCUT2D eigenvalue weighted by molar-refractivity contribution is -0.151. The van der Waals surface area contributed by atoms with Gasteiger partial charge in [-0.2, -0.15) is 0 Å². The molecule has 1 aliphatic carbocycles. The van der Waals surface area contributed by atoms with Crippen molar-refractivity contribution in [3.05, 3.63) is 61.3 Å². The van der Waals surface area contributed by atoms with Crippen LogP contribution >= 0.6 is 0 Å². The molecule has 10 nitrogen and oxygen atoms in total. The molecule has 0 unspecified atom stereocenters. The molecule has 1 aliphatic heterocycles. The van der Waals surface area contributed by atoms with E-state index in [1.807, 2.05) is 19.1 Å². The number of cyclic esters (lactones) is 1. The molecular weight excluding hydrogens is 614 g/mol. The number of carbonyl (C=O) groups excluding carboxylic acids is 3. The van der Waals surface area contributed by atoms with Crippen LogP contribution in [0.15, 0.2) is 61.3 Å². The number of hydrogen-bond acceptors (Lipinski definition) is 9. The maximum atomic E-state index is 12.3. The lowest BCUT2D eigenvalue weighted by Crippen LogP contribution is -2.45. The van der Waals surface area contributed by atoms with Crippen LogP contribution in [0.1, 0.15) is 97.8 Å². The lowest BCUT2D eigenvalue weighted by atomic mass is 9.86. The molecule has 0 radical (unpaired) electrons. The molecule has 1 heterocycles. The summed E-state index contributed by atoms with van der Waals surface area (Å²) >= 11 is 0. The van der Waals surface area contributed by atoms with Crippen LogP contribution in [-0.2, 0) is 23.8 Å². The molecule has 4 N–H and O–H groups in total. The molecule has 0 saturated heterocycles. The normalized spacial score (nSPS) is 24.6. The number of allylic oxidation sites excluding steroid dienone is 3. The van der Waals surface area contributed by atoms with Gasteiger partial charge in [-0.3, -0.25) is 4.79 Å². The minimum atomic E-state index is -1.86. The predicted octanol–water partition coefficient (Wildman–Crippen LogP) is 6.02. The third-order valence-electron chi connectivity index (χ3n) is 9.19. The number of carbonyl (C=O) groups is 3. The van der Waals surface area contributed by atoms with E-state index in [4.69, 9.17) is 14.2 Å². The van der Waals surface area contributed by atoms with Gasteiger partial charge >= 0.3 is 18.0 Å². The van der Waals surface area contributed by atoms with Crippen molar-refractivity contribution in [2.75, 3.05) is 13.2 Å². The fraction of sp³-hybridized carbons (Fsp3) is 0.658. The topological polar surface area (TPSA) is 152 Å². The van der Waals surface area contributed by atoms with E-state index in [0.717, 1.165) is 51.4 Å². The van der Waals surface area contributed by atoms with E-state index in [1.165, 1.54) is 24.3 Å². The Balaban J connectivity index is 1.93. The van der Waals surface area contributed by atoms with E-state index < -0.39 is 36.0 Å². The highest BCUT2D eigenvalue weighted by Gasteiger charge is 2.35. The first-order chi connectivity index (χ1) is 23.0. The zero-order chi connectivity index (χ0) is 35.4. The van der Waals surface area contributed by atoms with Crippen LogP contribution in [0.5, 0.6) is 0 Å². The van der Waals surface area contributed by atoms with E-state index >= 15 is 0 Å². The van der Waals surface area contributed by atoms with E-state index in [1.54, 1.807) is 18.2 Å². The zero-order valence-electron chi connectivity index (χ0n) is 29.1. The van der Waals surface area contributed by atoms with Crippen molar-refractivity contribution in [1.29, 1.82) is 0 Å². The Labute approximate surface area is 287 Å². The average molecular weight is 674 g/mol. The summed E-state index contributed by atoms with van der Waals surface area (Å²) in [4.78, 5) is 36.1. The van der Waals surface area contributed by atoms with Gasteiger partial charge in [0.1, 0.15) is 24.4 Å². The summed E-state index contributed by atoms with van der Waals surface area (Å²) < 4.78 is 16.1. The summed E-state index contributed by atoms with van der Waals surface area (Å²) in [6, 6.07) is 0. The molecule has 1 saturated carbocycles. The number of ether oxygens (including phenoxy) is 3. The number of unbranched alkanes of at least 4 members (excludes halogenated alkanes) is 1. The molecule has 0 aromatic heterocycles. The van der Waals surface area contributed by atoms with Crippen LogP contribution in [0, 0.1) is 17.8 Å². The number of aliphatic hydroxyl groups is 3. The summed E-state index contributed by atoms with van der Waals surface area (Å²) in [6.45, 7) is 9.86. The van der Waals surface area contributed by atoms with Crippen molar-refractivity contribution in [3.63, 3.8) is 0 Å². The molecule has 1 amide bonds. The SMILES string of the molecule is C=CCOC(=O)NCC[C@@](O)(C=C[C@@H]1OC(=O)C=C[C@@H]1CC)[C@H](O)C[C@@H](O)C=C/C=C/[C@@H]1CCC[C@H](OC(=O)CCCC[C@@H](C)CC)C1. The van der Waals surface area contributed by atoms with Crippen molar-refractivity contribution < 1.29 is 43.9 Å². The Hall–Kier alpha value is -3.21. The van der Waals surface area contributed by atoms with Crippen molar-refractivity contribution in [3.8, 4) is 0 Å². The Kier molecular flexibility index (Phi) is 19.1. The van der Waals surface area contributed by atoms with Crippen LogP contribution in [0.4, 0.5) is 4.79 Å². The second-order valence-electron chi connectivity index (χ2n) is 13.1. The van der Waals surface area contributed by atoms with Gasteiger partial charge in [0, 0.05) is 31.4 Å². The van der Waals surface area contributed by atoms with Crippen LogP contribution in [0.25, 0.3) is 0 Å². The summed E-state index contributed by atoms with van der Waals surface area (Å²) in [5, 5.41) is 35.8. The number of nitrogens with one attached hydrogen (secondary N) is 1. The predicted molar refractivity (Wildman–Crippen MR) is 186 cm³/mol. The number of hydrogen-bond donors (Lipinski definition) is 4. The molecule has 48 heavy (non-hydrogen) atoms. The average Bonchev–Trinajstić information content (AvgIpc) is 3.06. The molecule has 2 rings (SSSR count). The van der Waals surface area contributed by atoms with Crippen molar-refractivity contribution >= 4 is 18.0 Å². The molecule has 0 spiro atoms. The third-order valence-corrected chi connectivity index (χ3v) is 9.19. The first-order valence-corrected chi connectivity index (χ1v) is 17.7. The van der Waals surface area contributed by atoms with E-state index in [2.05, 4.69) is 25.7 Å². The maximum Gasteiger partial charge on any atom is 0.407 e. The van der Waals surface area contributed by atoms with Gasteiger partial charge in [-0.05, 0) is 62.9 Å². The number of amides is 1. The van der Waals surface area contributed by atoms with Crippen LogP contribution in [-0.4, -0.2) is 76.5 Å². The third kappa shape index (κ3) is 15.8. The molecule has 10 heteroatoms. The monoisotopic (exact) mass is 673 g/mol. The summed E-state index contributed by atoms with van der Waals surface area (Å²) in [5.41, 5.74) is -1.86. The Morgan fingerprint density at radius 3 is 2.71 bits per heavy atom. The minimum absolute atomic E-state index is 0.0259. The number of esters is 2. The number of rotatable bonds is 21. The second-order valence-corrected chi connectivity index (χ2v) is 13.1. The highest BCUT2D eigenvalue weighted by Crippen LogP contribution is 2.29. The van der Waals surface area contributed by atoms with Gasteiger partial charge in [-0.25, -0.2) is 9.59 Å². The van der Waals surface area contributed by atoms with Gasteiger partial charge in [0.25, 0.3) is 0 Å². The Morgan fingerprint density at radius 1 is 1.19 bits per heavy atom. The highest BCUT2D eigenvalue weighted by atomic mass is 16.6. The van der Waals surface area contributed by atoms with E-state index in [0.29, 0.717) is 18.8 Å². The first kappa shape index (κ1) is 41.0. The molecular formula is C38H59NO9. The molecule has 270 valence electrons. The smallest absolute Gasteiger partial charge is 0.407 e. The first-order valence-electron chi connectivity index (χ1n) is 17.7. The minimum Gasteiger partial charge on any atom is -0.462 e. The van der Waals surface area contributed by atoms with E-state index in [-0.39, 0.29) is 49.9 Å². The number of aliphatic hydroxyl groups excluding tert-OH is 2. The van der Waals surface area contributed by atoms with Crippen LogP contribution in [0.2, 0.25) is 0 Å². The van der Waals surface area contributed by atoms with Gasteiger partial charge in [-0.15, -0.1) is 0 Å². The van der Waals surface area contributed by atoms with Crippen molar-refractivity contribution in [2.45, 2.75) is 128 Å². The fourth-order valence-corrected chi connectivity index (χ4v) is 5.89. The van der Waals surface area contributed by atoms with Gasteiger partial charge in [-0.1, -0.05) is 89.1 Å². The fourth-order valence-electron chi connectivity index (χ4n) is 5.89. The highest BCUT2D eigenvalue weighted by molar-refractivity contribution is 5.83. The van der Waals surface area contributed by atoms with Gasteiger partial charge in [0.15, 0.2) is 0 Å². The second kappa shape index (κ2) is 22.4. The van der Waals surface area contributed by atoms with Gasteiger partial charge in [0.2, 0.25) is 0 Å². The van der Waals surface area contributed by atoms with E-state index in [9.17, 15) is 29.7 Å². The molecule has 0 aromatic rings.